The van der Waals surface area contributed by atoms with Crippen molar-refractivity contribution in [2.45, 2.75) is 51.2 Å². The van der Waals surface area contributed by atoms with Crippen LogP contribution >= 0.6 is 0 Å². The molecule has 8 heteroatoms. The quantitative estimate of drug-likeness (QED) is 0.502. The van der Waals surface area contributed by atoms with Crippen molar-refractivity contribution in [2.24, 2.45) is 5.92 Å². The molecule has 1 saturated carbocycles. The number of urea groups is 1. The minimum atomic E-state index is -1.11. The molecule has 2 aromatic rings. The molecule has 3 atom stereocenters. The van der Waals surface area contributed by atoms with Gasteiger partial charge in [0.1, 0.15) is 12.1 Å². The molecule has 2 N–H and O–H groups in total. The molecular formula is C26H29N3O5. The lowest BCUT2D eigenvalue weighted by molar-refractivity contribution is -0.155. The number of ether oxygens (including phenoxy) is 1. The van der Waals surface area contributed by atoms with Crippen molar-refractivity contribution in [3.63, 3.8) is 0 Å². The van der Waals surface area contributed by atoms with Gasteiger partial charge in [-0.15, -0.1) is 0 Å². The number of nitrogens with one attached hydrogen (secondary N) is 2. The summed E-state index contributed by atoms with van der Waals surface area (Å²) in [5.41, 5.74) is 1.41. The zero-order valence-electron chi connectivity index (χ0n) is 19.4. The Morgan fingerprint density at radius 1 is 1.12 bits per heavy atom. The highest BCUT2D eigenvalue weighted by molar-refractivity contribution is 6.09. The first-order valence-electron chi connectivity index (χ1n) is 11.6. The lowest BCUT2D eigenvalue weighted by atomic mass is 9.73. The zero-order chi connectivity index (χ0) is 24.3. The number of para-hydroxylation sites is 1. The van der Waals surface area contributed by atoms with Gasteiger partial charge < -0.3 is 15.4 Å². The lowest BCUT2D eigenvalue weighted by Crippen LogP contribution is -2.54. The van der Waals surface area contributed by atoms with E-state index in [9.17, 15) is 19.2 Å². The third-order valence-electron chi connectivity index (χ3n) is 6.74. The maximum Gasteiger partial charge on any atom is 0.327 e. The van der Waals surface area contributed by atoms with Crippen LogP contribution in [0.5, 0.6) is 0 Å². The summed E-state index contributed by atoms with van der Waals surface area (Å²) in [4.78, 5) is 51.7. The van der Waals surface area contributed by atoms with Crippen molar-refractivity contribution in [3.05, 3.63) is 54.6 Å². The first kappa shape index (κ1) is 23.5. The summed E-state index contributed by atoms with van der Waals surface area (Å²) in [6, 6.07) is 16.3. The van der Waals surface area contributed by atoms with Crippen LogP contribution in [0.25, 0.3) is 11.1 Å². The number of hydrogen-bond donors (Lipinski definition) is 2. The number of carbonyl (C=O) groups excluding carboxylic acids is 4. The van der Waals surface area contributed by atoms with E-state index in [2.05, 4.69) is 10.6 Å². The van der Waals surface area contributed by atoms with Crippen LogP contribution in [0, 0.1) is 5.92 Å². The predicted molar refractivity (Wildman–Crippen MR) is 127 cm³/mol. The molecule has 0 bridgehead atoms. The summed E-state index contributed by atoms with van der Waals surface area (Å²) in [5, 5.41) is 5.61. The number of benzene rings is 2. The van der Waals surface area contributed by atoms with E-state index >= 15 is 0 Å². The smallest absolute Gasteiger partial charge is 0.327 e. The van der Waals surface area contributed by atoms with E-state index < -0.39 is 42.0 Å². The van der Waals surface area contributed by atoms with E-state index in [1.807, 2.05) is 49.4 Å². The summed E-state index contributed by atoms with van der Waals surface area (Å²) in [6.07, 6.45) is 2.14. The molecule has 4 rings (SSSR count). The molecule has 4 amide bonds. The number of carbonyl (C=O) groups is 4. The summed E-state index contributed by atoms with van der Waals surface area (Å²) in [7, 11) is 0. The van der Waals surface area contributed by atoms with Gasteiger partial charge in [-0.3, -0.25) is 19.3 Å². The lowest BCUT2D eigenvalue weighted by Gasteiger charge is -2.36. The van der Waals surface area contributed by atoms with Gasteiger partial charge in [0.25, 0.3) is 11.8 Å². The van der Waals surface area contributed by atoms with Crippen LogP contribution < -0.4 is 10.6 Å². The topological polar surface area (TPSA) is 105 Å². The minimum absolute atomic E-state index is 0.00638. The van der Waals surface area contributed by atoms with Crippen LogP contribution in [-0.4, -0.2) is 46.9 Å². The summed E-state index contributed by atoms with van der Waals surface area (Å²) in [6.45, 7) is 2.87. The number of hydrogen-bond acceptors (Lipinski definition) is 5. The van der Waals surface area contributed by atoms with Crippen molar-refractivity contribution in [2.75, 3.05) is 11.9 Å². The first-order valence-corrected chi connectivity index (χ1v) is 11.6. The van der Waals surface area contributed by atoms with Gasteiger partial charge in [-0.1, -0.05) is 68.3 Å². The minimum Gasteiger partial charge on any atom is -0.451 e. The largest absolute Gasteiger partial charge is 0.451 e. The Balaban J connectivity index is 1.38. The third kappa shape index (κ3) is 4.53. The van der Waals surface area contributed by atoms with Gasteiger partial charge in [0.2, 0.25) is 0 Å². The molecular weight excluding hydrogens is 434 g/mol. The molecule has 1 spiro atoms. The molecule has 2 unspecified atom stereocenters. The SMILES string of the molecule is CC(OC(=O)CN1C(=O)N[C@]2(CCCCC2C)C1=O)C(=O)Nc1ccccc1-c1ccccc1. The highest BCUT2D eigenvalue weighted by atomic mass is 16.5. The van der Waals surface area contributed by atoms with Crippen molar-refractivity contribution >= 4 is 29.5 Å². The first-order chi connectivity index (χ1) is 16.3. The zero-order valence-corrected chi connectivity index (χ0v) is 19.4. The number of rotatable bonds is 6. The van der Waals surface area contributed by atoms with Crippen molar-refractivity contribution in [3.8, 4) is 11.1 Å². The Morgan fingerprint density at radius 3 is 2.56 bits per heavy atom. The van der Waals surface area contributed by atoms with Gasteiger partial charge in [-0.05, 0) is 37.3 Å². The number of amides is 4. The van der Waals surface area contributed by atoms with Crippen LogP contribution in [0.3, 0.4) is 0 Å². The van der Waals surface area contributed by atoms with Crippen molar-refractivity contribution in [1.29, 1.82) is 0 Å². The molecule has 1 saturated heterocycles. The molecule has 34 heavy (non-hydrogen) atoms. The average Bonchev–Trinajstić information content (AvgIpc) is 3.06. The second kappa shape index (κ2) is 9.67. The molecule has 1 aliphatic carbocycles. The van der Waals surface area contributed by atoms with Crippen LogP contribution in [0.15, 0.2) is 54.6 Å². The number of imide groups is 1. The maximum atomic E-state index is 13.0. The van der Waals surface area contributed by atoms with Crippen LogP contribution in [0.1, 0.15) is 39.5 Å². The highest BCUT2D eigenvalue weighted by Gasteiger charge is 2.55. The summed E-state index contributed by atoms with van der Waals surface area (Å²) in [5.74, 6) is -1.72. The van der Waals surface area contributed by atoms with Gasteiger partial charge >= 0.3 is 12.0 Å². The normalized spacial score (nSPS) is 22.9. The van der Waals surface area contributed by atoms with E-state index in [0.717, 1.165) is 35.3 Å². The Kier molecular flexibility index (Phi) is 6.68. The third-order valence-corrected chi connectivity index (χ3v) is 6.74. The molecule has 1 heterocycles. The fraction of sp³-hybridized carbons (Fsp3) is 0.385. The molecule has 2 fully saturated rings. The second-order valence-corrected chi connectivity index (χ2v) is 8.97. The fourth-order valence-electron chi connectivity index (χ4n) is 4.75. The predicted octanol–water partition coefficient (Wildman–Crippen LogP) is 3.72. The van der Waals surface area contributed by atoms with Gasteiger partial charge in [0, 0.05) is 11.3 Å². The van der Waals surface area contributed by atoms with Crippen molar-refractivity contribution < 1.29 is 23.9 Å². The number of esters is 1. The van der Waals surface area contributed by atoms with Gasteiger partial charge in [-0.2, -0.15) is 0 Å². The van der Waals surface area contributed by atoms with E-state index in [1.54, 1.807) is 12.1 Å². The van der Waals surface area contributed by atoms with Crippen LogP contribution in [0.2, 0.25) is 0 Å². The Morgan fingerprint density at radius 2 is 1.82 bits per heavy atom. The molecule has 0 radical (unpaired) electrons. The molecule has 1 aliphatic heterocycles. The second-order valence-electron chi connectivity index (χ2n) is 8.97. The van der Waals surface area contributed by atoms with Crippen LogP contribution in [0.4, 0.5) is 10.5 Å². The average molecular weight is 464 g/mol. The van der Waals surface area contributed by atoms with Crippen LogP contribution in [-0.2, 0) is 19.1 Å². The van der Waals surface area contributed by atoms with E-state index in [0.29, 0.717) is 12.1 Å². The van der Waals surface area contributed by atoms with Gasteiger partial charge in [-0.25, -0.2) is 4.79 Å². The summed E-state index contributed by atoms with van der Waals surface area (Å²) >= 11 is 0. The summed E-state index contributed by atoms with van der Waals surface area (Å²) < 4.78 is 5.27. The van der Waals surface area contributed by atoms with E-state index in [1.165, 1.54) is 6.92 Å². The van der Waals surface area contributed by atoms with E-state index in [-0.39, 0.29) is 5.92 Å². The van der Waals surface area contributed by atoms with Crippen molar-refractivity contribution in [1.82, 2.24) is 10.2 Å². The monoisotopic (exact) mass is 463 g/mol. The van der Waals surface area contributed by atoms with E-state index in [4.69, 9.17) is 4.74 Å². The molecule has 2 aliphatic rings. The highest BCUT2D eigenvalue weighted by Crippen LogP contribution is 2.38. The molecule has 178 valence electrons. The molecule has 0 aromatic heterocycles. The molecule has 2 aromatic carbocycles. The standard InChI is InChI=1S/C26H29N3O5/c1-17-10-8-9-15-26(17)24(32)29(25(33)28-26)16-22(30)34-18(2)23(31)27-21-14-7-6-13-20(21)19-11-4-3-5-12-19/h3-7,11-14,17-18H,8-10,15-16H2,1-2H3,(H,27,31)(H,28,33)/t17?,18?,26-/m0/s1. The Labute approximate surface area is 198 Å². The molecule has 8 nitrogen and oxygen atoms in total. The van der Waals surface area contributed by atoms with Gasteiger partial charge in [0.05, 0.1) is 0 Å². The Bertz CT molecular complexity index is 1100. The number of nitrogens with zero attached hydrogens (tertiary/aromatic N) is 1. The maximum absolute atomic E-state index is 13.0. The number of anilines is 1. The fourth-order valence-corrected chi connectivity index (χ4v) is 4.75. The Hall–Kier alpha value is -3.68. The van der Waals surface area contributed by atoms with Gasteiger partial charge in [0.15, 0.2) is 6.10 Å².